The molecule has 2 rings (SSSR count). The van der Waals surface area contributed by atoms with Gasteiger partial charge >= 0.3 is 5.97 Å². The molecule has 0 spiro atoms. The molecule has 2 N–H and O–H groups in total. The van der Waals surface area contributed by atoms with Crippen molar-refractivity contribution in [3.8, 4) is 0 Å². The van der Waals surface area contributed by atoms with Gasteiger partial charge in [-0.1, -0.05) is 17.7 Å². The standard InChI is InChI=1S/C18H24ClN3O3/c1-18(2,3)25-16(23)7-5-6-12-13-11-22(8-9-24-4)21-15(13)10-14(19)17(12)20/h5,7,10-11H,6,8-9,20H2,1-4H3/b7-5+. The second kappa shape index (κ2) is 7.89. The highest BCUT2D eigenvalue weighted by Crippen LogP contribution is 2.31. The summed E-state index contributed by atoms with van der Waals surface area (Å²) in [6.07, 6.45) is 5.50. The SMILES string of the molecule is COCCn1cc2c(C/C=C/C(=O)OC(C)(C)C)c(N)c(Cl)cc2n1. The Kier molecular flexibility index (Phi) is 6.08. The first-order valence-corrected chi connectivity index (χ1v) is 8.41. The molecule has 2 aromatic rings. The van der Waals surface area contributed by atoms with Gasteiger partial charge in [-0.15, -0.1) is 0 Å². The minimum Gasteiger partial charge on any atom is -0.457 e. The van der Waals surface area contributed by atoms with Gasteiger partial charge in [0.15, 0.2) is 0 Å². The van der Waals surface area contributed by atoms with Crippen molar-refractivity contribution in [3.05, 3.63) is 35.0 Å². The second-order valence-electron chi connectivity index (χ2n) is 6.71. The van der Waals surface area contributed by atoms with Gasteiger partial charge in [-0.2, -0.15) is 5.10 Å². The third kappa shape index (κ3) is 5.21. The lowest BCUT2D eigenvalue weighted by atomic mass is 10.0. The van der Waals surface area contributed by atoms with Gasteiger partial charge in [-0.25, -0.2) is 4.79 Å². The lowest BCUT2D eigenvalue weighted by molar-refractivity contribution is -0.148. The van der Waals surface area contributed by atoms with E-state index in [2.05, 4.69) is 5.10 Å². The van der Waals surface area contributed by atoms with Crippen molar-refractivity contribution >= 4 is 34.2 Å². The van der Waals surface area contributed by atoms with Gasteiger partial charge in [0.2, 0.25) is 0 Å². The Morgan fingerprint density at radius 2 is 2.16 bits per heavy atom. The van der Waals surface area contributed by atoms with Crippen LogP contribution < -0.4 is 5.73 Å². The molecule has 7 heteroatoms. The molecule has 136 valence electrons. The predicted molar refractivity (Wildman–Crippen MR) is 99.7 cm³/mol. The zero-order chi connectivity index (χ0) is 18.6. The van der Waals surface area contributed by atoms with E-state index in [4.69, 9.17) is 26.8 Å². The first-order valence-electron chi connectivity index (χ1n) is 8.03. The monoisotopic (exact) mass is 365 g/mol. The molecule has 25 heavy (non-hydrogen) atoms. The van der Waals surface area contributed by atoms with Crippen molar-refractivity contribution < 1.29 is 14.3 Å². The average Bonchev–Trinajstić information content (AvgIpc) is 2.89. The van der Waals surface area contributed by atoms with E-state index in [1.807, 2.05) is 27.0 Å². The Morgan fingerprint density at radius 1 is 1.44 bits per heavy atom. The number of hydrogen-bond acceptors (Lipinski definition) is 5. The third-order valence-corrected chi connectivity index (χ3v) is 3.78. The van der Waals surface area contributed by atoms with Crippen molar-refractivity contribution in [1.29, 1.82) is 0 Å². The van der Waals surface area contributed by atoms with E-state index >= 15 is 0 Å². The molecule has 0 aliphatic rings. The van der Waals surface area contributed by atoms with Crippen molar-refractivity contribution in [2.45, 2.75) is 39.3 Å². The van der Waals surface area contributed by atoms with Gasteiger partial charge in [-0.05, 0) is 38.8 Å². The van der Waals surface area contributed by atoms with Crippen LogP contribution in [0.5, 0.6) is 0 Å². The number of carbonyl (C=O) groups excluding carboxylic acids is 1. The fourth-order valence-electron chi connectivity index (χ4n) is 2.39. The first kappa shape index (κ1) is 19.3. The summed E-state index contributed by atoms with van der Waals surface area (Å²) in [7, 11) is 1.64. The Bertz CT molecular complexity index is 791. The predicted octanol–water partition coefficient (Wildman–Crippen LogP) is 3.36. The Balaban J connectivity index is 2.25. The molecule has 1 heterocycles. The Labute approximate surface area is 152 Å². The van der Waals surface area contributed by atoms with Crippen LogP contribution in [0, 0.1) is 0 Å². The molecule has 0 saturated carbocycles. The minimum atomic E-state index is -0.522. The summed E-state index contributed by atoms with van der Waals surface area (Å²) in [4.78, 5) is 11.8. The lowest BCUT2D eigenvalue weighted by Crippen LogP contribution is -2.22. The number of hydrogen-bond donors (Lipinski definition) is 1. The molecule has 0 bridgehead atoms. The highest BCUT2D eigenvalue weighted by molar-refractivity contribution is 6.34. The molecular weight excluding hydrogens is 342 g/mol. The first-order chi connectivity index (χ1) is 11.7. The topological polar surface area (TPSA) is 79.4 Å². The largest absolute Gasteiger partial charge is 0.457 e. The van der Waals surface area contributed by atoms with Gasteiger partial charge in [-0.3, -0.25) is 4.68 Å². The number of ether oxygens (including phenoxy) is 2. The number of allylic oxidation sites excluding steroid dienone is 1. The number of nitrogen functional groups attached to an aromatic ring is 1. The highest BCUT2D eigenvalue weighted by atomic mass is 35.5. The van der Waals surface area contributed by atoms with E-state index in [9.17, 15) is 4.79 Å². The molecule has 0 amide bonds. The molecule has 0 aliphatic heterocycles. The molecule has 0 radical (unpaired) electrons. The summed E-state index contributed by atoms with van der Waals surface area (Å²) in [5.41, 5.74) is 7.71. The van der Waals surface area contributed by atoms with Crippen molar-refractivity contribution in [2.75, 3.05) is 19.5 Å². The van der Waals surface area contributed by atoms with Crippen LogP contribution in [0.4, 0.5) is 5.69 Å². The van der Waals surface area contributed by atoms with Gasteiger partial charge in [0.25, 0.3) is 0 Å². The maximum absolute atomic E-state index is 11.8. The van der Waals surface area contributed by atoms with Crippen LogP contribution in [-0.4, -0.2) is 35.1 Å². The maximum Gasteiger partial charge on any atom is 0.330 e. The fraction of sp³-hybridized carbons (Fsp3) is 0.444. The number of methoxy groups -OCH3 is 1. The van der Waals surface area contributed by atoms with Gasteiger partial charge < -0.3 is 15.2 Å². The second-order valence-corrected chi connectivity index (χ2v) is 7.12. The van der Waals surface area contributed by atoms with E-state index in [0.717, 1.165) is 16.5 Å². The van der Waals surface area contributed by atoms with Crippen LogP contribution in [-0.2, 0) is 27.2 Å². The van der Waals surface area contributed by atoms with E-state index in [1.165, 1.54) is 6.08 Å². The summed E-state index contributed by atoms with van der Waals surface area (Å²) in [6, 6.07) is 1.75. The molecule has 0 saturated heterocycles. The van der Waals surface area contributed by atoms with Crippen molar-refractivity contribution in [2.24, 2.45) is 0 Å². The number of halogens is 1. The maximum atomic E-state index is 11.8. The minimum absolute atomic E-state index is 0.389. The molecule has 0 fully saturated rings. The van der Waals surface area contributed by atoms with Crippen molar-refractivity contribution in [1.82, 2.24) is 9.78 Å². The molecule has 0 atom stereocenters. The molecule has 0 aliphatic carbocycles. The van der Waals surface area contributed by atoms with E-state index in [-0.39, 0.29) is 5.97 Å². The fourth-order valence-corrected chi connectivity index (χ4v) is 2.61. The number of esters is 1. The Morgan fingerprint density at radius 3 is 2.80 bits per heavy atom. The summed E-state index contributed by atoms with van der Waals surface area (Å²) in [5, 5.41) is 5.84. The van der Waals surface area contributed by atoms with Crippen molar-refractivity contribution in [3.63, 3.8) is 0 Å². The number of rotatable bonds is 6. The van der Waals surface area contributed by atoms with Crippen LogP contribution in [0.2, 0.25) is 5.02 Å². The number of nitrogens with zero attached hydrogens (tertiary/aromatic N) is 2. The zero-order valence-corrected chi connectivity index (χ0v) is 15.8. The van der Waals surface area contributed by atoms with E-state index in [0.29, 0.717) is 30.3 Å². The zero-order valence-electron chi connectivity index (χ0n) is 15.0. The molecule has 6 nitrogen and oxygen atoms in total. The van der Waals surface area contributed by atoms with E-state index < -0.39 is 5.60 Å². The number of carbonyl (C=O) groups is 1. The van der Waals surface area contributed by atoms with Crippen LogP contribution in [0.25, 0.3) is 10.9 Å². The summed E-state index contributed by atoms with van der Waals surface area (Å²) >= 11 is 6.22. The van der Waals surface area contributed by atoms with Gasteiger partial charge in [0.05, 0.1) is 29.4 Å². The van der Waals surface area contributed by atoms with Gasteiger partial charge in [0, 0.05) is 24.8 Å². The number of nitrogens with two attached hydrogens (primary N) is 1. The molecular formula is C18H24ClN3O3. The van der Waals surface area contributed by atoms with E-state index in [1.54, 1.807) is 23.9 Å². The number of fused-ring (bicyclic) bond motifs is 1. The average molecular weight is 366 g/mol. The summed E-state index contributed by atoms with van der Waals surface area (Å²) in [5.74, 6) is -0.389. The van der Waals surface area contributed by atoms with Crippen LogP contribution in [0.1, 0.15) is 26.3 Å². The summed E-state index contributed by atoms with van der Waals surface area (Å²) < 4.78 is 12.1. The third-order valence-electron chi connectivity index (χ3n) is 3.47. The molecule has 0 unspecified atom stereocenters. The normalized spacial score (nSPS) is 12.2. The number of anilines is 1. The lowest BCUT2D eigenvalue weighted by Gasteiger charge is -2.17. The smallest absolute Gasteiger partial charge is 0.330 e. The number of benzene rings is 1. The molecule has 1 aromatic heterocycles. The van der Waals surface area contributed by atoms with Crippen LogP contribution >= 0.6 is 11.6 Å². The highest BCUT2D eigenvalue weighted by Gasteiger charge is 2.15. The van der Waals surface area contributed by atoms with Gasteiger partial charge in [0.1, 0.15) is 5.60 Å². The number of aromatic nitrogens is 2. The quantitative estimate of drug-likeness (QED) is 0.482. The molecule has 1 aromatic carbocycles. The summed E-state index contributed by atoms with van der Waals surface area (Å²) in [6.45, 7) is 6.67. The Hall–Kier alpha value is -2.05. The van der Waals surface area contributed by atoms with Crippen LogP contribution in [0.3, 0.4) is 0 Å². The van der Waals surface area contributed by atoms with Crippen LogP contribution in [0.15, 0.2) is 24.4 Å².